The molecule has 1 N–H and O–H groups in total. The zero-order chi connectivity index (χ0) is 15.2. The average Bonchev–Trinajstić information content (AvgIpc) is 2.47. The van der Waals surface area contributed by atoms with Gasteiger partial charge < -0.3 is 10.1 Å². The van der Waals surface area contributed by atoms with Crippen LogP contribution in [0.3, 0.4) is 0 Å². The predicted octanol–water partition coefficient (Wildman–Crippen LogP) is 4.58. The maximum Gasteiger partial charge on any atom is 0.265 e. The van der Waals surface area contributed by atoms with Crippen LogP contribution in [0.4, 0.5) is 5.69 Å². The minimum Gasteiger partial charge on any atom is -0.481 e. The summed E-state index contributed by atoms with van der Waals surface area (Å²) in [5, 5.41) is 2.90. The van der Waals surface area contributed by atoms with Gasteiger partial charge in [0.25, 0.3) is 5.91 Å². The number of para-hydroxylation sites is 1. The van der Waals surface area contributed by atoms with Crippen molar-refractivity contribution in [3.05, 3.63) is 53.0 Å². The van der Waals surface area contributed by atoms with Crippen LogP contribution in [0.15, 0.2) is 57.9 Å². The van der Waals surface area contributed by atoms with Crippen LogP contribution in [0, 0.1) is 0 Å². The Kier molecular flexibility index (Phi) is 5.70. The maximum absolute atomic E-state index is 12.2. The van der Waals surface area contributed by atoms with Gasteiger partial charge in [0.15, 0.2) is 6.10 Å². The van der Waals surface area contributed by atoms with Crippen molar-refractivity contribution in [1.82, 2.24) is 0 Å². The standard InChI is InChI=1S/C16H16BrNO2S/c1-11(20-13-7-5-6-12(17)10-13)16(19)18-14-8-3-4-9-15(14)21-2/h3-11H,1-2H3,(H,18,19). The molecule has 21 heavy (non-hydrogen) atoms. The van der Waals surface area contributed by atoms with Crippen molar-refractivity contribution >= 4 is 39.3 Å². The molecular formula is C16H16BrNO2S. The highest BCUT2D eigenvalue weighted by Crippen LogP contribution is 2.25. The summed E-state index contributed by atoms with van der Waals surface area (Å²) < 4.78 is 6.57. The second-order valence-electron chi connectivity index (χ2n) is 4.41. The highest BCUT2D eigenvalue weighted by molar-refractivity contribution is 9.10. The first-order chi connectivity index (χ1) is 10.1. The molecule has 0 saturated heterocycles. The molecule has 0 fully saturated rings. The number of nitrogens with one attached hydrogen (secondary N) is 1. The summed E-state index contributed by atoms with van der Waals surface area (Å²) in [6, 6.07) is 15.1. The number of hydrogen-bond donors (Lipinski definition) is 1. The van der Waals surface area contributed by atoms with E-state index in [9.17, 15) is 4.79 Å². The Balaban J connectivity index is 2.02. The van der Waals surface area contributed by atoms with Gasteiger partial charge in [-0.1, -0.05) is 34.1 Å². The van der Waals surface area contributed by atoms with Crippen molar-refractivity contribution < 1.29 is 9.53 Å². The average molecular weight is 366 g/mol. The number of carbonyl (C=O) groups is 1. The van der Waals surface area contributed by atoms with Crippen molar-refractivity contribution in [2.75, 3.05) is 11.6 Å². The lowest BCUT2D eigenvalue weighted by Crippen LogP contribution is -2.30. The highest BCUT2D eigenvalue weighted by atomic mass is 79.9. The molecule has 0 radical (unpaired) electrons. The van der Waals surface area contributed by atoms with Gasteiger partial charge in [0, 0.05) is 9.37 Å². The van der Waals surface area contributed by atoms with Crippen LogP contribution in [0.25, 0.3) is 0 Å². The zero-order valence-corrected chi connectivity index (χ0v) is 14.2. The van der Waals surface area contributed by atoms with E-state index in [1.807, 2.05) is 54.8 Å². The molecule has 2 rings (SSSR count). The molecule has 1 amide bonds. The number of amides is 1. The van der Waals surface area contributed by atoms with E-state index in [2.05, 4.69) is 21.2 Å². The molecule has 0 aliphatic heterocycles. The van der Waals surface area contributed by atoms with E-state index >= 15 is 0 Å². The third-order valence-corrected chi connectivity index (χ3v) is 4.13. The van der Waals surface area contributed by atoms with Gasteiger partial charge in [0.1, 0.15) is 5.75 Å². The Bertz CT molecular complexity index is 633. The van der Waals surface area contributed by atoms with Gasteiger partial charge >= 0.3 is 0 Å². The fraction of sp³-hybridized carbons (Fsp3) is 0.188. The van der Waals surface area contributed by atoms with Crippen LogP contribution in [0.5, 0.6) is 5.75 Å². The summed E-state index contributed by atoms with van der Waals surface area (Å²) in [5.41, 5.74) is 0.805. The highest BCUT2D eigenvalue weighted by Gasteiger charge is 2.16. The molecule has 0 aromatic heterocycles. The topological polar surface area (TPSA) is 38.3 Å². The lowest BCUT2D eigenvalue weighted by Gasteiger charge is -2.16. The number of benzene rings is 2. The fourth-order valence-electron chi connectivity index (χ4n) is 1.78. The van der Waals surface area contributed by atoms with Crippen molar-refractivity contribution in [2.45, 2.75) is 17.9 Å². The summed E-state index contributed by atoms with van der Waals surface area (Å²) in [6.45, 7) is 1.73. The van der Waals surface area contributed by atoms with Crippen molar-refractivity contribution in [2.24, 2.45) is 0 Å². The van der Waals surface area contributed by atoms with Gasteiger partial charge in [0.2, 0.25) is 0 Å². The van der Waals surface area contributed by atoms with E-state index in [1.54, 1.807) is 18.7 Å². The Morgan fingerprint density at radius 1 is 1.24 bits per heavy atom. The second kappa shape index (κ2) is 7.52. The van der Waals surface area contributed by atoms with Gasteiger partial charge in [-0.2, -0.15) is 0 Å². The number of thioether (sulfide) groups is 1. The molecule has 0 bridgehead atoms. The molecule has 1 unspecified atom stereocenters. The number of rotatable bonds is 5. The SMILES string of the molecule is CSc1ccccc1NC(=O)C(C)Oc1cccc(Br)c1. The predicted molar refractivity (Wildman–Crippen MR) is 91.1 cm³/mol. The van der Waals surface area contributed by atoms with E-state index in [0.717, 1.165) is 15.1 Å². The molecule has 3 nitrogen and oxygen atoms in total. The number of carbonyl (C=O) groups excluding carboxylic acids is 1. The molecule has 0 saturated carbocycles. The summed E-state index contributed by atoms with van der Waals surface area (Å²) in [6.07, 6.45) is 1.40. The van der Waals surface area contributed by atoms with Gasteiger partial charge in [-0.15, -0.1) is 11.8 Å². The zero-order valence-electron chi connectivity index (χ0n) is 11.8. The van der Waals surface area contributed by atoms with Crippen LogP contribution in [-0.2, 0) is 4.79 Å². The molecule has 1 atom stereocenters. The second-order valence-corrected chi connectivity index (χ2v) is 6.17. The number of anilines is 1. The largest absolute Gasteiger partial charge is 0.481 e. The van der Waals surface area contributed by atoms with Crippen LogP contribution in [-0.4, -0.2) is 18.3 Å². The number of hydrogen-bond acceptors (Lipinski definition) is 3. The van der Waals surface area contributed by atoms with E-state index < -0.39 is 6.10 Å². The summed E-state index contributed by atoms with van der Waals surface area (Å²) in [5.74, 6) is 0.488. The molecular weight excluding hydrogens is 350 g/mol. The Morgan fingerprint density at radius 2 is 2.00 bits per heavy atom. The van der Waals surface area contributed by atoms with Crippen LogP contribution >= 0.6 is 27.7 Å². The smallest absolute Gasteiger partial charge is 0.265 e. The van der Waals surface area contributed by atoms with E-state index in [4.69, 9.17) is 4.74 Å². The molecule has 110 valence electrons. The first-order valence-electron chi connectivity index (χ1n) is 6.46. The maximum atomic E-state index is 12.2. The quantitative estimate of drug-likeness (QED) is 0.788. The van der Waals surface area contributed by atoms with Crippen LogP contribution in [0.2, 0.25) is 0 Å². The molecule has 0 aliphatic rings. The fourth-order valence-corrected chi connectivity index (χ4v) is 2.71. The summed E-state index contributed by atoms with van der Waals surface area (Å²) >= 11 is 4.97. The van der Waals surface area contributed by atoms with E-state index in [-0.39, 0.29) is 5.91 Å². The third kappa shape index (κ3) is 4.51. The van der Waals surface area contributed by atoms with Crippen molar-refractivity contribution in [3.63, 3.8) is 0 Å². The molecule has 5 heteroatoms. The minimum absolute atomic E-state index is 0.170. The van der Waals surface area contributed by atoms with Gasteiger partial charge in [-0.05, 0) is 43.5 Å². The Hall–Kier alpha value is -1.46. The molecule has 0 heterocycles. The first kappa shape index (κ1) is 15.9. The van der Waals surface area contributed by atoms with Gasteiger partial charge in [-0.25, -0.2) is 0 Å². The summed E-state index contributed by atoms with van der Waals surface area (Å²) in [4.78, 5) is 13.2. The normalized spacial score (nSPS) is 11.8. The van der Waals surface area contributed by atoms with Crippen LogP contribution < -0.4 is 10.1 Å². The van der Waals surface area contributed by atoms with Crippen LogP contribution in [0.1, 0.15) is 6.92 Å². The van der Waals surface area contributed by atoms with E-state index in [0.29, 0.717) is 5.75 Å². The molecule has 2 aromatic carbocycles. The van der Waals surface area contributed by atoms with Crippen molar-refractivity contribution in [3.8, 4) is 5.75 Å². The minimum atomic E-state index is -0.575. The van der Waals surface area contributed by atoms with Crippen molar-refractivity contribution in [1.29, 1.82) is 0 Å². The van der Waals surface area contributed by atoms with E-state index in [1.165, 1.54) is 0 Å². The number of halogens is 1. The monoisotopic (exact) mass is 365 g/mol. The Morgan fingerprint density at radius 3 is 2.71 bits per heavy atom. The third-order valence-electron chi connectivity index (χ3n) is 2.84. The lowest BCUT2D eigenvalue weighted by molar-refractivity contribution is -0.122. The van der Waals surface area contributed by atoms with Gasteiger partial charge in [0.05, 0.1) is 5.69 Å². The summed E-state index contributed by atoms with van der Waals surface area (Å²) in [7, 11) is 0. The molecule has 0 aliphatic carbocycles. The van der Waals surface area contributed by atoms with Gasteiger partial charge in [-0.3, -0.25) is 4.79 Å². The molecule has 0 spiro atoms. The molecule has 2 aromatic rings. The number of ether oxygens (including phenoxy) is 1. The lowest BCUT2D eigenvalue weighted by atomic mass is 10.3. The Labute approximate surface area is 137 Å². The first-order valence-corrected chi connectivity index (χ1v) is 8.48.